The highest BCUT2D eigenvalue weighted by Crippen LogP contribution is 2.35. The molecule has 0 heterocycles. The van der Waals surface area contributed by atoms with Crippen LogP contribution in [0.3, 0.4) is 0 Å². The molecule has 0 aliphatic carbocycles. The molecule has 0 spiro atoms. The van der Waals surface area contributed by atoms with Crippen LogP contribution in [0, 0.1) is 0 Å². The minimum atomic E-state index is -4.77. The van der Waals surface area contributed by atoms with Crippen LogP contribution in [-0.2, 0) is 16.2 Å². The minimum absolute atomic E-state index is 0.178. The SMILES string of the molecule is CNS(=O)(=O)c1ccc(Cl)cc1C(F)(F)F. The molecule has 0 saturated heterocycles. The smallest absolute Gasteiger partial charge is 0.214 e. The Bertz CT molecular complexity index is 498. The van der Waals surface area contributed by atoms with Gasteiger partial charge in [-0.15, -0.1) is 0 Å². The maximum absolute atomic E-state index is 12.5. The molecule has 90 valence electrons. The van der Waals surface area contributed by atoms with E-state index in [1.165, 1.54) is 0 Å². The highest BCUT2D eigenvalue weighted by atomic mass is 35.5. The molecule has 1 rings (SSSR count). The third-order valence-electron chi connectivity index (χ3n) is 1.81. The summed E-state index contributed by atoms with van der Waals surface area (Å²) in [5, 5.41) is -0.178. The molecular weight excluding hydrogens is 267 g/mol. The van der Waals surface area contributed by atoms with Crippen LogP contribution in [-0.4, -0.2) is 15.5 Å². The number of nitrogens with one attached hydrogen (secondary N) is 1. The highest BCUT2D eigenvalue weighted by Gasteiger charge is 2.37. The molecule has 0 fully saturated rings. The monoisotopic (exact) mass is 273 g/mol. The lowest BCUT2D eigenvalue weighted by molar-refractivity contribution is -0.139. The van der Waals surface area contributed by atoms with E-state index in [1.807, 2.05) is 4.72 Å². The summed E-state index contributed by atoms with van der Waals surface area (Å²) in [7, 11) is -3.13. The number of hydrogen-bond donors (Lipinski definition) is 1. The molecule has 16 heavy (non-hydrogen) atoms. The van der Waals surface area contributed by atoms with E-state index in [0.717, 1.165) is 19.2 Å². The van der Waals surface area contributed by atoms with Crippen LogP contribution in [0.1, 0.15) is 5.56 Å². The lowest BCUT2D eigenvalue weighted by Crippen LogP contribution is -2.22. The summed E-state index contributed by atoms with van der Waals surface area (Å²) in [5.41, 5.74) is -1.28. The first kappa shape index (κ1) is 13.3. The molecule has 1 aromatic rings. The normalized spacial score (nSPS) is 12.8. The molecule has 0 atom stereocenters. The summed E-state index contributed by atoms with van der Waals surface area (Å²) in [5.74, 6) is 0. The Morgan fingerprint density at radius 1 is 1.31 bits per heavy atom. The topological polar surface area (TPSA) is 46.2 Å². The Morgan fingerprint density at radius 3 is 2.31 bits per heavy atom. The van der Waals surface area contributed by atoms with Crippen LogP contribution in [0.4, 0.5) is 13.2 Å². The molecule has 0 radical (unpaired) electrons. The van der Waals surface area contributed by atoms with Gasteiger partial charge in [0.25, 0.3) is 0 Å². The zero-order valence-electron chi connectivity index (χ0n) is 7.97. The van der Waals surface area contributed by atoms with Gasteiger partial charge in [0.05, 0.1) is 10.5 Å². The van der Waals surface area contributed by atoms with Crippen molar-refractivity contribution in [1.29, 1.82) is 0 Å². The van der Waals surface area contributed by atoms with E-state index in [-0.39, 0.29) is 5.02 Å². The van der Waals surface area contributed by atoms with Gasteiger partial charge in [-0.3, -0.25) is 0 Å². The Morgan fingerprint density at radius 2 is 1.88 bits per heavy atom. The number of rotatable bonds is 2. The van der Waals surface area contributed by atoms with Crippen molar-refractivity contribution in [3.63, 3.8) is 0 Å². The molecule has 0 amide bonds. The molecule has 0 unspecified atom stereocenters. The van der Waals surface area contributed by atoms with E-state index in [0.29, 0.717) is 6.07 Å². The van der Waals surface area contributed by atoms with Crippen LogP contribution in [0.15, 0.2) is 23.1 Å². The van der Waals surface area contributed by atoms with Gasteiger partial charge >= 0.3 is 6.18 Å². The van der Waals surface area contributed by atoms with Gasteiger partial charge in [0.1, 0.15) is 0 Å². The van der Waals surface area contributed by atoms with Crippen molar-refractivity contribution in [2.24, 2.45) is 0 Å². The van der Waals surface area contributed by atoms with E-state index in [9.17, 15) is 21.6 Å². The summed E-state index contributed by atoms with van der Waals surface area (Å²) in [4.78, 5) is -0.841. The van der Waals surface area contributed by atoms with Gasteiger partial charge in [-0.25, -0.2) is 13.1 Å². The van der Waals surface area contributed by atoms with E-state index in [4.69, 9.17) is 11.6 Å². The Labute approximate surface area is 95.3 Å². The maximum atomic E-state index is 12.5. The van der Waals surface area contributed by atoms with Crippen LogP contribution in [0.5, 0.6) is 0 Å². The summed E-state index contributed by atoms with van der Waals surface area (Å²) in [6.45, 7) is 0. The summed E-state index contributed by atoms with van der Waals surface area (Å²) < 4.78 is 62.1. The summed E-state index contributed by atoms with van der Waals surface area (Å²) in [6.07, 6.45) is -4.77. The number of alkyl halides is 3. The Kier molecular flexibility index (Phi) is 3.51. The van der Waals surface area contributed by atoms with Crippen molar-refractivity contribution >= 4 is 21.6 Å². The van der Waals surface area contributed by atoms with Gasteiger partial charge in [0, 0.05) is 5.02 Å². The predicted molar refractivity (Wildman–Crippen MR) is 52.7 cm³/mol. The predicted octanol–water partition coefficient (Wildman–Crippen LogP) is 2.27. The molecule has 0 aliphatic rings. The van der Waals surface area contributed by atoms with Gasteiger partial charge in [-0.05, 0) is 25.2 Å². The lowest BCUT2D eigenvalue weighted by atomic mass is 10.2. The van der Waals surface area contributed by atoms with Crippen molar-refractivity contribution in [3.05, 3.63) is 28.8 Å². The fourth-order valence-electron chi connectivity index (χ4n) is 1.07. The van der Waals surface area contributed by atoms with Crippen molar-refractivity contribution in [2.75, 3.05) is 7.05 Å². The number of halogens is 4. The fraction of sp³-hybridized carbons (Fsp3) is 0.250. The lowest BCUT2D eigenvalue weighted by Gasteiger charge is -2.12. The van der Waals surface area contributed by atoms with E-state index in [1.54, 1.807) is 0 Å². The first-order valence-corrected chi connectivity index (χ1v) is 5.85. The van der Waals surface area contributed by atoms with Crippen molar-refractivity contribution in [1.82, 2.24) is 4.72 Å². The van der Waals surface area contributed by atoms with Crippen LogP contribution >= 0.6 is 11.6 Å². The van der Waals surface area contributed by atoms with E-state index < -0.39 is 26.7 Å². The standard InChI is InChI=1S/C8H7ClF3NO2S/c1-13-16(14,15)7-3-2-5(9)4-6(7)8(10,11)12/h2-4,13H,1H3. The second-order valence-corrected chi connectivity index (χ2v) is 5.14. The molecule has 3 nitrogen and oxygen atoms in total. The van der Waals surface area contributed by atoms with Crippen molar-refractivity contribution in [2.45, 2.75) is 11.1 Å². The van der Waals surface area contributed by atoms with Gasteiger partial charge in [0.2, 0.25) is 10.0 Å². The Balaban J connectivity index is 3.53. The first-order chi connectivity index (χ1) is 7.18. The minimum Gasteiger partial charge on any atom is -0.214 e. The highest BCUT2D eigenvalue weighted by molar-refractivity contribution is 7.89. The second kappa shape index (κ2) is 4.23. The molecule has 8 heteroatoms. The molecular formula is C8H7ClF3NO2S. The average molecular weight is 274 g/mol. The van der Waals surface area contributed by atoms with E-state index >= 15 is 0 Å². The fourth-order valence-corrected chi connectivity index (χ4v) is 2.17. The zero-order chi connectivity index (χ0) is 12.6. The molecule has 1 aromatic carbocycles. The maximum Gasteiger partial charge on any atom is 0.417 e. The van der Waals surface area contributed by atoms with E-state index in [2.05, 4.69) is 0 Å². The summed E-state index contributed by atoms with van der Waals surface area (Å²) in [6, 6.07) is 2.48. The first-order valence-electron chi connectivity index (χ1n) is 3.99. The summed E-state index contributed by atoms with van der Waals surface area (Å²) >= 11 is 5.40. The molecule has 0 bridgehead atoms. The number of hydrogen-bond acceptors (Lipinski definition) is 2. The molecule has 0 aromatic heterocycles. The third-order valence-corrected chi connectivity index (χ3v) is 3.51. The molecule has 0 saturated carbocycles. The largest absolute Gasteiger partial charge is 0.417 e. The second-order valence-electron chi connectivity index (χ2n) is 2.85. The van der Waals surface area contributed by atoms with Crippen LogP contribution in [0.2, 0.25) is 5.02 Å². The number of sulfonamides is 1. The van der Waals surface area contributed by atoms with Crippen LogP contribution < -0.4 is 4.72 Å². The number of benzene rings is 1. The molecule has 1 N–H and O–H groups in total. The van der Waals surface area contributed by atoms with Gasteiger partial charge in [-0.1, -0.05) is 11.6 Å². The van der Waals surface area contributed by atoms with Gasteiger partial charge in [-0.2, -0.15) is 13.2 Å². The average Bonchev–Trinajstić information content (AvgIpc) is 2.16. The zero-order valence-corrected chi connectivity index (χ0v) is 9.54. The third kappa shape index (κ3) is 2.66. The van der Waals surface area contributed by atoms with Crippen molar-refractivity contribution < 1.29 is 21.6 Å². The van der Waals surface area contributed by atoms with Crippen LogP contribution in [0.25, 0.3) is 0 Å². The van der Waals surface area contributed by atoms with Crippen molar-refractivity contribution in [3.8, 4) is 0 Å². The van der Waals surface area contributed by atoms with Gasteiger partial charge < -0.3 is 0 Å². The van der Waals surface area contributed by atoms with Gasteiger partial charge in [0.15, 0.2) is 0 Å². The Hall–Kier alpha value is -0.790. The quantitative estimate of drug-likeness (QED) is 0.898. The molecule has 0 aliphatic heterocycles.